The second-order valence-electron chi connectivity index (χ2n) is 4.82. The Hall–Kier alpha value is -1.46. The molecule has 2 rings (SSSR count). The van der Waals surface area contributed by atoms with Gasteiger partial charge in [-0.2, -0.15) is 0 Å². The molecule has 5 heteroatoms. The van der Waals surface area contributed by atoms with Gasteiger partial charge in [0.1, 0.15) is 0 Å². The number of aryl methyl sites for hydroxylation is 1. The van der Waals surface area contributed by atoms with E-state index in [1.54, 1.807) is 24.4 Å². The molecule has 19 heavy (non-hydrogen) atoms. The quantitative estimate of drug-likeness (QED) is 0.876. The summed E-state index contributed by atoms with van der Waals surface area (Å²) in [5.74, 6) is -0.0820. The summed E-state index contributed by atoms with van der Waals surface area (Å²) in [5.41, 5.74) is 1.61. The predicted molar refractivity (Wildman–Crippen MR) is 70.9 cm³/mol. The SMILES string of the molecule is CCc1cncc(C(=O)N2C[C@H](OC)C[C@H]2CO)c1. The summed E-state index contributed by atoms with van der Waals surface area (Å²) in [4.78, 5) is 18.2. The van der Waals surface area contributed by atoms with Crippen LogP contribution in [0.2, 0.25) is 0 Å². The lowest BCUT2D eigenvalue weighted by Gasteiger charge is -2.22. The lowest BCUT2D eigenvalue weighted by Crippen LogP contribution is -2.38. The lowest BCUT2D eigenvalue weighted by molar-refractivity contribution is 0.0647. The topological polar surface area (TPSA) is 62.7 Å². The molecule has 104 valence electrons. The standard InChI is InChI=1S/C14H20N2O3/c1-3-10-4-11(7-15-6-10)14(18)16-8-13(19-2)5-12(16)9-17/h4,6-7,12-13,17H,3,5,8-9H2,1-2H3/t12-,13+/m0/s1. The highest BCUT2D eigenvalue weighted by atomic mass is 16.5. The van der Waals surface area contributed by atoms with Crippen LogP contribution in [0.4, 0.5) is 0 Å². The Balaban J connectivity index is 2.18. The summed E-state index contributed by atoms with van der Waals surface area (Å²) >= 11 is 0. The second kappa shape index (κ2) is 6.12. The van der Waals surface area contributed by atoms with Gasteiger partial charge in [0.2, 0.25) is 0 Å². The van der Waals surface area contributed by atoms with Gasteiger partial charge in [0.15, 0.2) is 0 Å². The summed E-state index contributed by atoms with van der Waals surface area (Å²) in [6.07, 6.45) is 4.87. The van der Waals surface area contributed by atoms with E-state index in [4.69, 9.17) is 4.74 Å². The molecule has 1 saturated heterocycles. The van der Waals surface area contributed by atoms with E-state index in [1.807, 2.05) is 13.0 Å². The number of aliphatic hydroxyl groups excluding tert-OH is 1. The highest BCUT2D eigenvalue weighted by Crippen LogP contribution is 2.22. The van der Waals surface area contributed by atoms with Gasteiger partial charge >= 0.3 is 0 Å². The van der Waals surface area contributed by atoms with E-state index < -0.39 is 0 Å². The van der Waals surface area contributed by atoms with Gasteiger partial charge in [-0.3, -0.25) is 9.78 Å². The molecule has 1 amide bonds. The number of carbonyl (C=O) groups excluding carboxylic acids is 1. The minimum Gasteiger partial charge on any atom is -0.394 e. The zero-order chi connectivity index (χ0) is 13.8. The molecule has 1 aromatic heterocycles. The Labute approximate surface area is 113 Å². The van der Waals surface area contributed by atoms with Crippen molar-refractivity contribution in [1.82, 2.24) is 9.88 Å². The summed E-state index contributed by atoms with van der Waals surface area (Å²) in [6.45, 7) is 2.52. The van der Waals surface area contributed by atoms with Crippen molar-refractivity contribution in [2.24, 2.45) is 0 Å². The highest BCUT2D eigenvalue weighted by molar-refractivity contribution is 5.94. The van der Waals surface area contributed by atoms with Crippen molar-refractivity contribution < 1.29 is 14.6 Å². The number of aromatic nitrogens is 1. The molecule has 0 aromatic carbocycles. The Morgan fingerprint density at radius 1 is 1.58 bits per heavy atom. The molecule has 0 bridgehead atoms. The van der Waals surface area contributed by atoms with Gasteiger partial charge in [-0.25, -0.2) is 0 Å². The molecular formula is C14H20N2O3. The van der Waals surface area contributed by atoms with Crippen LogP contribution in [0.3, 0.4) is 0 Å². The lowest BCUT2D eigenvalue weighted by atomic mass is 10.1. The van der Waals surface area contributed by atoms with Crippen molar-refractivity contribution in [2.75, 3.05) is 20.3 Å². The number of likely N-dealkylation sites (tertiary alicyclic amines) is 1. The van der Waals surface area contributed by atoms with Gasteiger partial charge in [0.25, 0.3) is 5.91 Å². The van der Waals surface area contributed by atoms with Gasteiger partial charge in [-0.05, 0) is 24.5 Å². The molecule has 1 aliphatic heterocycles. The molecule has 1 fully saturated rings. The molecule has 2 heterocycles. The Bertz CT molecular complexity index is 450. The molecule has 1 N–H and O–H groups in total. The molecule has 5 nitrogen and oxygen atoms in total. The molecule has 2 atom stereocenters. The number of nitrogens with zero attached hydrogens (tertiary/aromatic N) is 2. The number of amides is 1. The Kier molecular flexibility index (Phi) is 4.50. The van der Waals surface area contributed by atoms with E-state index >= 15 is 0 Å². The summed E-state index contributed by atoms with van der Waals surface area (Å²) in [6, 6.07) is 1.70. The zero-order valence-corrected chi connectivity index (χ0v) is 11.4. The van der Waals surface area contributed by atoms with E-state index in [1.165, 1.54) is 0 Å². The minimum atomic E-state index is -0.164. The third-order valence-electron chi connectivity index (χ3n) is 3.63. The van der Waals surface area contributed by atoms with Crippen molar-refractivity contribution in [3.8, 4) is 0 Å². The first-order chi connectivity index (χ1) is 9.19. The van der Waals surface area contributed by atoms with Crippen LogP contribution in [0.15, 0.2) is 18.5 Å². The molecule has 0 saturated carbocycles. The molecule has 0 aliphatic carbocycles. The average molecular weight is 264 g/mol. The third-order valence-corrected chi connectivity index (χ3v) is 3.63. The van der Waals surface area contributed by atoms with Crippen LogP contribution < -0.4 is 0 Å². The van der Waals surface area contributed by atoms with E-state index in [0.29, 0.717) is 18.5 Å². The number of pyridine rings is 1. The molecule has 1 aromatic rings. The maximum Gasteiger partial charge on any atom is 0.255 e. The normalized spacial score (nSPS) is 22.8. The maximum absolute atomic E-state index is 12.5. The molecule has 0 radical (unpaired) electrons. The Morgan fingerprint density at radius 3 is 3.00 bits per heavy atom. The smallest absolute Gasteiger partial charge is 0.255 e. The highest BCUT2D eigenvalue weighted by Gasteiger charge is 2.35. The van der Waals surface area contributed by atoms with E-state index in [0.717, 1.165) is 12.0 Å². The number of methoxy groups -OCH3 is 1. The first-order valence-corrected chi connectivity index (χ1v) is 6.58. The van der Waals surface area contributed by atoms with Crippen molar-refractivity contribution in [1.29, 1.82) is 0 Å². The van der Waals surface area contributed by atoms with Crippen LogP contribution in [0.5, 0.6) is 0 Å². The zero-order valence-electron chi connectivity index (χ0n) is 11.4. The van der Waals surface area contributed by atoms with E-state index in [-0.39, 0.29) is 24.7 Å². The number of rotatable bonds is 4. The average Bonchev–Trinajstić information content (AvgIpc) is 2.89. The molecule has 0 spiro atoms. The van der Waals surface area contributed by atoms with E-state index in [2.05, 4.69) is 4.98 Å². The van der Waals surface area contributed by atoms with Gasteiger partial charge in [0.05, 0.1) is 24.3 Å². The summed E-state index contributed by atoms with van der Waals surface area (Å²) in [5, 5.41) is 9.38. The first-order valence-electron chi connectivity index (χ1n) is 6.58. The second-order valence-corrected chi connectivity index (χ2v) is 4.82. The van der Waals surface area contributed by atoms with Gasteiger partial charge in [-0.15, -0.1) is 0 Å². The largest absolute Gasteiger partial charge is 0.394 e. The van der Waals surface area contributed by atoms with Crippen molar-refractivity contribution in [3.63, 3.8) is 0 Å². The fraction of sp³-hybridized carbons (Fsp3) is 0.571. The van der Waals surface area contributed by atoms with Crippen molar-refractivity contribution in [2.45, 2.75) is 31.9 Å². The molecule has 0 unspecified atom stereocenters. The van der Waals surface area contributed by atoms with Gasteiger partial charge < -0.3 is 14.7 Å². The minimum absolute atomic E-state index is 0.00316. The summed E-state index contributed by atoms with van der Waals surface area (Å²) < 4.78 is 5.28. The van der Waals surface area contributed by atoms with Crippen LogP contribution in [0.1, 0.15) is 29.3 Å². The fourth-order valence-corrected chi connectivity index (χ4v) is 2.43. The van der Waals surface area contributed by atoms with Gasteiger partial charge in [-0.1, -0.05) is 6.92 Å². The van der Waals surface area contributed by atoms with Crippen LogP contribution in [0, 0.1) is 0 Å². The molecule has 1 aliphatic rings. The monoisotopic (exact) mass is 264 g/mol. The van der Waals surface area contributed by atoms with Crippen molar-refractivity contribution in [3.05, 3.63) is 29.6 Å². The number of aliphatic hydroxyl groups is 1. The van der Waals surface area contributed by atoms with Crippen molar-refractivity contribution >= 4 is 5.91 Å². The third kappa shape index (κ3) is 2.93. The first kappa shape index (κ1) is 14.0. The van der Waals surface area contributed by atoms with Crippen LogP contribution in [-0.2, 0) is 11.2 Å². The number of ether oxygens (including phenoxy) is 1. The number of carbonyl (C=O) groups is 1. The predicted octanol–water partition coefficient (Wildman–Crippen LogP) is 0.866. The van der Waals surface area contributed by atoms with Crippen LogP contribution in [-0.4, -0.2) is 53.3 Å². The van der Waals surface area contributed by atoms with E-state index in [9.17, 15) is 9.90 Å². The molecular weight excluding hydrogens is 244 g/mol. The summed E-state index contributed by atoms with van der Waals surface area (Å²) in [7, 11) is 1.63. The Morgan fingerprint density at radius 2 is 2.37 bits per heavy atom. The van der Waals surface area contributed by atoms with Crippen LogP contribution >= 0.6 is 0 Å². The fourth-order valence-electron chi connectivity index (χ4n) is 2.43. The van der Waals surface area contributed by atoms with Crippen LogP contribution in [0.25, 0.3) is 0 Å². The van der Waals surface area contributed by atoms with Gasteiger partial charge in [0, 0.05) is 26.0 Å². The maximum atomic E-state index is 12.5. The number of hydrogen-bond donors (Lipinski definition) is 1. The number of hydrogen-bond acceptors (Lipinski definition) is 4.